The Kier molecular flexibility index (Phi) is 7.56. The summed E-state index contributed by atoms with van der Waals surface area (Å²) in [5, 5.41) is 21.8. The molecule has 2 N–H and O–H groups in total. The molecule has 0 aliphatic heterocycles. The molecule has 0 fully saturated rings. The molecule has 3 aromatic carbocycles. The van der Waals surface area contributed by atoms with Gasteiger partial charge in [0.2, 0.25) is 5.88 Å². The van der Waals surface area contributed by atoms with Crippen LogP contribution in [0.25, 0.3) is 17.0 Å². The normalized spacial score (nSPS) is 12.0. The van der Waals surface area contributed by atoms with E-state index >= 15 is 0 Å². The van der Waals surface area contributed by atoms with Crippen molar-refractivity contribution in [1.29, 1.82) is 0 Å². The van der Waals surface area contributed by atoms with Crippen molar-refractivity contribution in [3.8, 4) is 5.88 Å². The van der Waals surface area contributed by atoms with E-state index in [9.17, 15) is 14.7 Å². The Bertz CT molecular complexity index is 1520. The Hall–Kier alpha value is -4.30. The van der Waals surface area contributed by atoms with Crippen LogP contribution in [0.2, 0.25) is 0 Å². The van der Waals surface area contributed by atoms with Crippen molar-refractivity contribution in [3.05, 3.63) is 112 Å². The lowest BCUT2D eigenvalue weighted by Gasteiger charge is -2.06. The SMILES string of the molecule is Cc1cc(Br)cc2c(N=NC(=O)C(=CC=Cc3ccccc3)NC(=O)c3ccccc3)c(O)n(C)c12. The topological polar surface area (TPSA) is 96.1 Å². The molecule has 1 aromatic heterocycles. The maximum atomic E-state index is 13.0. The van der Waals surface area contributed by atoms with Crippen LogP contribution in [0.4, 0.5) is 5.69 Å². The van der Waals surface area contributed by atoms with Crippen molar-refractivity contribution in [2.24, 2.45) is 17.3 Å². The maximum Gasteiger partial charge on any atom is 0.311 e. The van der Waals surface area contributed by atoms with E-state index in [-0.39, 0.29) is 17.3 Å². The first-order valence-corrected chi connectivity index (χ1v) is 11.9. The van der Waals surface area contributed by atoms with Gasteiger partial charge in [-0.15, -0.1) is 10.2 Å². The third kappa shape index (κ3) is 5.50. The summed E-state index contributed by atoms with van der Waals surface area (Å²) in [6.45, 7) is 1.91. The standard InChI is InChI=1S/C28H23BrN4O3/c1-18-16-21(29)17-22-24(28(36)33(2)25(18)22)31-32-27(35)23(15-9-12-19-10-5-3-6-11-19)30-26(34)20-13-7-4-8-14-20/h3-17,36H,1-2H3,(H,30,34). The van der Waals surface area contributed by atoms with Gasteiger partial charge < -0.3 is 15.0 Å². The van der Waals surface area contributed by atoms with E-state index in [1.807, 2.05) is 43.3 Å². The summed E-state index contributed by atoms with van der Waals surface area (Å²) in [6, 6.07) is 21.8. The average Bonchev–Trinajstić information content (AvgIpc) is 3.12. The molecule has 0 saturated heterocycles. The number of fused-ring (bicyclic) bond motifs is 1. The summed E-state index contributed by atoms with van der Waals surface area (Å²) in [7, 11) is 1.71. The van der Waals surface area contributed by atoms with Crippen LogP contribution in [-0.4, -0.2) is 21.5 Å². The van der Waals surface area contributed by atoms with Crippen LogP contribution in [0.5, 0.6) is 5.88 Å². The minimum absolute atomic E-state index is 0.0585. The maximum absolute atomic E-state index is 13.0. The monoisotopic (exact) mass is 542 g/mol. The molecule has 1 heterocycles. The zero-order chi connectivity index (χ0) is 25.7. The van der Waals surface area contributed by atoms with Gasteiger partial charge in [-0.1, -0.05) is 76.6 Å². The summed E-state index contributed by atoms with van der Waals surface area (Å²) in [5.74, 6) is -1.34. The molecule has 0 radical (unpaired) electrons. The van der Waals surface area contributed by atoms with Gasteiger partial charge in [-0.05, 0) is 48.4 Å². The number of amides is 2. The van der Waals surface area contributed by atoms with E-state index in [1.165, 1.54) is 6.08 Å². The molecule has 4 aromatic rings. The van der Waals surface area contributed by atoms with Gasteiger partial charge in [-0.3, -0.25) is 9.59 Å². The number of nitrogens with one attached hydrogen (secondary N) is 1. The molecule has 0 aliphatic carbocycles. The van der Waals surface area contributed by atoms with Crippen LogP contribution in [0.15, 0.2) is 105 Å². The molecule has 0 saturated carbocycles. The number of carbonyl (C=O) groups excluding carboxylic acids is 2. The molecule has 0 spiro atoms. The van der Waals surface area contributed by atoms with Gasteiger partial charge in [0.25, 0.3) is 5.91 Å². The second-order valence-electron chi connectivity index (χ2n) is 8.03. The minimum atomic E-state index is -0.764. The second kappa shape index (κ2) is 11.0. The summed E-state index contributed by atoms with van der Waals surface area (Å²) >= 11 is 3.46. The van der Waals surface area contributed by atoms with Gasteiger partial charge in [0.1, 0.15) is 5.70 Å². The highest BCUT2D eigenvalue weighted by molar-refractivity contribution is 9.10. The Labute approximate surface area is 216 Å². The van der Waals surface area contributed by atoms with Gasteiger partial charge >= 0.3 is 5.91 Å². The number of aromatic nitrogens is 1. The molecule has 36 heavy (non-hydrogen) atoms. The predicted molar refractivity (Wildman–Crippen MR) is 144 cm³/mol. The van der Waals surface area contributed by atoms with Crippen LogP contribution in [0, 0.1) is 6.92 Å². The number of hydrogen-bond acceptors (Lipinski definition) is 4. The quantitative estimate of drug-likeness (QED) is 0.163. The van der Waals surface area contributed by atoms with Crippen molar-refractivity contribution in [2.45, 2.75) is 6.92 Å². The molecule has 0 unspecified atom stereocenters. The fourth-order valence-electron chi connectivity index (χ4n) is 3.76. The molecule has 8 heteroatoms. The lowest BCUT2D eigenvalue weighted by atomic mass is 10.1. The van der Waals surface area contributed by atoms with Crippen LogP contribution in [0.1, 0.15) is 21.5 Å². The van der Waals surface area contributed by atoms with E-state index in [1.54, 1.807) is 60.2 Å². The van der Waals surface area contributed by atoms with Crippen molar-refractivity contribution in [1.82, 2.24) is 9.88 Å². The van der Waals surface area contributed by atoms with Crippen molar-refractivity contribution in [2.75, 3.05) is 0 Å². The van der Waals surface area contributed by atoms with E-state index in [2.05, 4.69) is 31.5 Å². The smallest absolute Gasteiger partial charge is 0.311 e. The molecule has 0 bridgehead atoms. The van der Waals surface area contributed by atoms with E-state index in [0.717, 1.165) is 21.1 Å². The van der Waals surface area contributed by atoms with Gasteiger partial charge in [0.05, 0.1) is 5.52 Å². The molecule has 7 nitrogen and oxygen atoms in total. The highest BCUT2D eigenvalue weighted by Crippen LogP contribution is 2.40. The Morgan fingerprint density at radius 2 is 1.69 bits per heavy atom. The zero-order valence-electron chi connectivity index (χ0n) is 19.6. The summed E-state index contributed by atoms with van der Waals surface area (Å²) in [5.41, 5.74) is 3.13. The first-order chi connectivity index (χ1) is 17.3. The predicted octanol–water partition coefficient (Wildman–Crippen LogP) is 6.59. The van der Waals surface area contributed by atoms with Crippen molar-refractivity contribution in [3.63, 3.8) is 0 Å². The lowest BCUT2D eigenvalue weighted by Crippen LogP contribution is -2.26. The third-order valence-electron chi connectivity index (χ3n) is 5.49. The third-order valence-corrected chi connectivity index (χ3v) is 5.95. The largest absolute Gasteiger partial charge is 0.493 e. The number of nitrogens with zero attached hydrogens (tertiary/aromatic N) is 3. The molecular formula is C28H23BrN4O3. The highest BCUT2D eigenvalue weighted by Gasteiger charge is 2.18. The lowest BCUT2D eigenvalue weighted by molar-refractivity contribution is -0.115. The number of azo groups is 1. The number of halogens is 1. The van der Waals surface area contributed by atoms with Gasteiger partial charge in [-0.2, -0.15) is 0 Å². The molecular weight excluding hydrogens is 520 g/mol. The van der Waals surface area contributed by atoms with Crippen LogP contribution in [-0.2, 0) is 11.8 Å². The molecule has 2 amide bonds. The Morgan fingerprint density at radius 3 is 2.39 bits per heavy atom. The van der Waals surface area contributed by atoms with Gasteiger partial charge in [0, 0.05) is 22.5 Å². The number of rotatable bonds is 6. The number of carbonyl (C=O) groups is 2. The first kappa shape index (κ1) is 24.8. The summed E-state index contributed by atoms with van der Waals surface area (Å²) in [4.78, 5) is 25.8. The zero-order valence-corrected chi connectivity index (χ0v) is 21.2. The van der Waals surface area contributed by atoms with Gasteiger partial charge in [-0.25, -0.2) is 0 Å². The molecule has 0 atom stereocenters. The second-order valence-corrected chi connectivity index (χ2v) is 8.94. The Morgan fingerprint density at radius 1 is 1.03 bits per heavy atom. The molecule has 180 valence electrons. The minimum Gasteiger partial charge on any atom is -0.493 e. The van der Waals surface area contributed by atoms with Crippen LogP contribution < -0.4 is 5.32 Å². The number of aryl methyl sites for hydroxylation is 2. The van der Waals surface area contributed by atoms with Crippen molar-refractivity contribution >= 4 is 50.4 Å². The summed E-state index contributed by atoms with van der Waals surface area (Å²) < 4.78 is 2.40. The fourth-order valence-corrected chi connectivity index (χ4v) is 4.34. The van der Waals surface area contributed by atoms with Crippen LogP contribution in [0.3, 0.4) is 0 Å². The molecule has 4 rings (SSSR count). The number of aromatic hydroxyl groups is 1. The van der Waals surface area contributed by atoms with E-state index in [0.29, 0.717) is 10.9 Å². The fraction of sp³-hybridized carbons (Fsp3) is 0.0714. The van der Waals surface area contributed by atoms with E-state index < -0.39 is 11.8 Å². The van der Waals surface area contributed by atoms with E-state index in [4.69, 9.17) is 0 Å². The van der Waals surface area contributed by atoms with Crippen LogP contribution >= 0.6 is 15.9 Å². The van der Waals surface area contributed by atoms with Gasteiger partial charge in [0.15, 0.2) is 5.69 Å². The highest BCUT2D eigenvalue weighted by atomic mass is 79.9. The average molecular weight is 543 g/mol. The number of hydrogen-bond donors (Lipinski definition) is 2. The summed E-state index contributed by atoms with van der Waals surface area (Å²) in [6.07, 6.45) is 4.92. The number of benzene rings is 3. The van der Waals surface area contributed by atoms with Crippen molar-refractivity contribution < 1.29 is 14.7 Å². The Balaban J connectivity index is 1.67. The molecule has 0 aliphatic rings. The first-order valence-electron chi connectivity index (χ1n) is 11.1. The number of allylic oxidation sites excluding steroid dienone is 2.